The highest BCUT2D eigenvalue weighted by molar-refractivity contribution is 7.89. The Kier molecular flexibility index (Phi) is 5.76. The molecule has 3 rings (SSSR count). The van der Waals surface area contributed by atoms with Crippen LogP contribution in [0.5, 0.6) is 5.75 Å². The summed E-state index contributed by atoms with van der Waals surface area (Å²) in [7, 11) is -2.08. The Balaban J connectivity index is 1.71. The standard InChI is InChI=1S/C21H26N2O4S/c1-15-7-5-6-8-21(15)27-12-11-22(4)28(25,26)19-9-10-20-18(14-19)13-16(2)23(20)17(3)24/h5-10,14,16H,11-13H2,1-4H3. The molecule has 1 aliphatic rings. The van der Waals surface area contributed by atoms with Crippen molar-refractivity contribution in [1.29, 1.82) is 0 Å². The minimum absolute atomic E-state index is 0.0331. The van der Waals surface area contributed by atoms with E-state index < -0.39 is 10.0 Å². The monoisotopic (exact) mass is 402 g/mol. The van der Waals surface area contributed by atoms with Crippen LogP contribution in [0.15, 0.2) is 47.4 Å². The van der Waals surface area contributed by atoms with Crippen LogP contribution >= 0.6 is 0 Å². The van der Waals surface area contributed by atoms with E-state index in [9.17, 15) is 13.2 Å². The SMILES string of the molecule is CC(=O)N1c2ccc(S(=O)(=O)N(C)CCOc3ccccc3C)cc2CC1C. The van der Waals surface area contributed by atoms with Gasteiger partial charge in [-0.2, -0.15) is 4.31 Å². The second-order valence-corrected chi connectivity index (χ2v) is 9.22. The average Bonchev–Trinajstić information content (AvgIpc) is 2.98. The minimum atomic E-state index is -3.63. The summed E-state index contributed by atoms with van der Waals surface area (Å²) in [6.45, 7) is 5.94. The van der Waals surface area contributed by atoms with Crippen molar-refractivity contribution >= 4 is 21.6 Å². The number of carbonyl (C=O) groups is 1. The van der Waals surface area contributed by atoms with Crippen molar-refractivity contribution in [2.75, 3.05) is 25.1 Å². The third kappa shape index (κ3) is 3.91. The van der Waals surface area contributed by atoms with Gasteiger partial charge >= 0.3 is 0 Å². The first-order valence-corrected chi connectivity index (χ1v) is 10.7. The van der Waals surface area contributed by atoms with Gasteiger partial charge in [0.05, 0.1) is 4.90 Å². The molecular weight excluding hydrogens is 376 g/mol. The quantitative estimate of drug-likeness (QED) is 0.745. The Hall–Kier alpha value is -2.38. The molecule has 0 fully saturated rings. The molecule has 0 spiro atoms. The van der Waals surface area contributed by atoms with Gasteiger partial charge < -0.3 is 9.64 Å². The zero-order valence-electron chi connectivity index (χ0n) is 16.7. The number of para-hydroxylation sites is 1. The molecule has 1 amide bonds. The van der Waals surface area contributed by atoms with Gasteiger partial charge in [0.2, 0.25) is 15.9 Å². The maximum atomic E-state index is 12.9. The van der Waals surface area contributed by atoms with Crippen molar-refractivity contribution in [2.24, 2.45) is 0 Å². The summed E-state index contributed by atoms with van der Waals surface area (Å²) in [6, 6.07) is 12.6. The summed E-state index contributed by atoms with van der Waals surface area (Å²) in [4.78, 5) is 13.8. The van der Waals surface area contributed by atoms with Crippen molar-refractivity contribution in [3.05, 3.63) is 53.6 Å². The molecule has 1 unspecified atom stereocenters. The molecule has 0 saturated heterocycles. The van der Waals surface area contributed by atoms with Crippen LogP contribution in [0.3, 0.4) is 0 Å². The lowest BCUT2D eigenvalue weighted by atomic mass is 10.1. The fourth-order valence-electron chi connectivity index (χ4n) is 3.55. The first kappa shape index (κ1) is 20.4. The van der Waals surface area contributed by atoms with Gasteiger partial charge in [0.15, 0.2) is 0 Å². The number of hydrogen-bond donors (Lipinski definition) is 0. The van der Waals surface area contributed by atoms with Crippen LogP contribution < -0.4 is 9.64 Å². The largest absolute Gasteiger partial charge is 0.492 e. The Morgan fingerprint density at radius 3 is 2.64 bits per heavy atom. The van der Waals surface area contributed by atoms with Gasteiger partial charge in [0.1, 0.15) is 12.4 Å². The van der Waals surface area contributed by atoms with Crippen LogP contribution in [0.2, 0.25) is 0 Å². The summed E-state index contributed by atoms with van der Waals surface area (Å²) >= 11 is 0. The Labute approximate surface area is 166 Å². The molecule has 0 radical (unpaired) electrons. The van der Waals surface area contributed by atoms with Crippen molar-refractivity contribution in [3.8, 4) is 5.75 Å². The number of likely N-dealkylation sites (N-methyl/N-ethyl adjacent to an activating group) is 1. The molecule has 0 bridgehead atoms. The fraction of sp³-hybridized carbons (Fsp3) is 0.381. The number of rotatable bonds is 6. The first-order valence-electron chi connectivity index (χ1n) is 9.29. The van der Waals surface area contributed by atoms with Crippen molar-refractivity contribution in [3.63, 3.8) is 0 Å². The van der Waals surface area contributed by atoms with E-state index in [4.69, 9.17) is 4.74 Å². The number of nitrogens with zero attached hydrogens (tertiary/aromatic N) is 2. The van der Waals surface area contributed by atoms with Crippen LogP contribution in [0, 0.1) is 6.92 Å². The second kappa shape index (κ2) is 7.93. The molecule has 2 aromatic rings. The summed E-state index contributed by atoms with van der Waals surface area (Å²) in [5.74, 6) is 0.719. The molecule has 6 nitrogen and oxygen atoms in total. The summed E-state index contributed by atoms with van der Waals surface area (Å²) in [5.41, 5.74) is 2.69. The normalized spacial score (nSPS) is 16.3. The molecular formula is C21H26N2O4S. The third-order valence-electron chi connectivity index (χ3n) is 5.07. The molecule has 0 saturated carbocycles. The molecule has 1 atom stereocenters. The van der Waals surface area contributed by atoms with Gasteiger partial charge in [-0.3, -0.25) is 4.79 Å². The lowest BCUT2D eigenvalue weighted by Gasteiger charge is -2.21. The average molecular weight is 403 g/mol. The fourth-order valence-corrected chi connectivity index (χ4v) is 4.76. The van der Waals surface area contributed by atoms with Gasteiger partial charge in [-0.15, -0.1) is 0 Å². The number of hydrogen-bond acceptors (Lipinski definition) is 4. The van der Waals surface area contributed by atoms with Gasteiger partial charge in [-0.05, 0) is 55.7 Å². The number of benzene rings is 2. The molecule has 28 heavy (non-hydrogen) atoms. The zero-order valence-corrected chi connectivity index (χ0v) is 17.5. The number of amides is 1. The summed E-state index contributed by atoms with van der Waals surface area (Å²) in [5, 5.41) is 0. The van der Waals surface area contributed by atoms with E-state index in [1.165, 1.54) is 11.2 Å². The highest BCUT2D eigenvalue weighted by Gasteiger charge is 2.31. The van der Waals surface area contributed by atoms with Gasteiger partial charge in [-0.25, -0.2) is 8.42 Å². The van der Waals surface area contributed by atoms with Crippen LogP contribution in [-0.2, 0) is 21.2 Å². The van der Waals surface area contributed by atoms with E-state index in [1.807, 2.05) is 38.1 Å². The zero-order chi connectivity index (χ0) is 20.5. The summed E-state index contributed by atoms with van der Waals surface area (Å²) in [6.07, 6.45) is 0.651. The number of carbonyl (C=O) groups excluding carboxylic acids is 1. The predicted octanol–water partition coefficient (Wildman–Crippen LogP) is 2.99. The van der Waals surface area contributed by atoms with Crippen molar-refractivity contribution in [1.82, 2.24) is 4.31 Å². The molecule has 0 N–H and O–H groups in total. The maximum absolute atomic E-state index is 12.9. The van der Waals surface area contributed by atoms with E-state index in [0.717, 1.165) is 22.6 Å². The van der Waals surface area contributed by atoms with Crippen LogP contribution in [0.4, 0.5) is 5.69 Å². The predicted molar refractivity (Wildman–Crippen MR) is 109 cm³/mol. The van der Waals surface area contributed by atoms with E-state index in [2.05, 4.69) is 0 Å². The Morgan fingerprint density at radius 2 is 1.96 bits per heavy atom. The van der Waals surface area contributed by atoms with Gasteiger partial charge in [0.25, 0.3) is 0 Å². The Bertz CT molecular complexity index is 988. The summed E-state index contributed by atoms with van der Waals surface area (Å²) < 4.78 is 32.9. The number of aryl methyl sites for hydroxylation is 1. The van der Waals surface area contributed by atoms with Crippen molar-refractivity contribution < 1.29 is 17.9 Å². The van der Waals surface area contributed by atoms with Crippen molar-refractivity contribution in [2.45, 2.75) is 38.1 Å². The number of ether oxygens (including phenoxy) is 1. The minimum Gasteiger partial charge on any atom is -0.492 e. The lowest BCUT2D eigenvalue weighted by molar-refractivity contribution is -0.116. The number of fused-ring (bicyclic) bond motifs is 1. The molecule has 2 aromatic carbocycles. The molecule has 7 heteroatoms. The highest BCUT2D eigenvalue weighted by Crippen LogP contribution is 2.34. The van der Waals surface area contributed by atoms with E-state index in [0.29, 0.717) is 6.42 Å². The number of sulfonamides is 1. The maximum Gasteiger partial charge on any atom is 0.242 e. The van der Waals surface area contributed by atoms with E-state index in [-0.39, 0.29) is 30.0 Å². The smallest absolute Gasteiger partial charge is 0.242 e. The molecule has 1 aliphatic heterocycles. The lowest BCUT2D eigenvalue weighted by Crippen LogP contribution is -2.33. The second-order valence-electron chi connectivity index (χ2n) is 7.17. The van der Waals surface area contributed by atoms with E-state index in [1.54, 1.807) is 30.1 Å². The van der Waals surface area contributed by atoms with Crippen LogP contribution in [0.25, 0.3) is 0 Å². The topological polar surface area (TPSA) is 66.9 Å². The van der Waals surface area contributed by atoms with Crippen LogP contribution in [0.1, 0.15) is 25.0 Å². The molecule has 0 aliphatic carbocycles. The third-order valence-corrected chi connectivity index (χ3v) is 6.92. The van der Waals surface area contributed by atoms with Crippen LogP contribution in [-0.4, -0.2) is 44.9 Å². The van der Waals surface area contributed by atoms with E-state index >= 15 is 0 Å². The molecule has 0 aromatic heterocycles. The Morgan fingerprint density at radius 1 is 1.25 bits per heavy atom. The molecule has 1 heterocycles. The molecule has 150 valence electrons. The van der Waals surface area contributed by atoms with Gasteiger partial charge in [0, 0.05) is 32.2 Å². The first-order chi connectivity index (χ1) is 13.2. The van der Waals surface area contributed by atoms with Gasteiger partial charge in [-0.1, -0.05) is 18.2 Å². The number of anilines is 1. The highest BCUT2D eigenvalue weighted by atomic mass is 32.2.